The van der Waals surface area contributed by atoms with Crippen molar-refractivity contribution in [3.63, 3.8) is 0 Å². The molecule has 1 aromatic heterocycles. The first-order valence-corrected chi connectivity index (χ1v) is 11.3. The van der Waals surface area contributed by atoms with Crippen LogP contribution in [0.2, 0.25) is 0 Å². The van der Waals surface area contributed by atoms with Crippen LogP contribution in [0, 0.1) is 0 Å². The maximum Gasteiger partial charge on any atom is 0.273 e. The zero-order chi connectivity index (χ0) is 20.1. The van der Waals surface area contributed by atoms with Gasteiger partial charge in [0, 0.05) is 10.0 Å². The van der Waals surface area contributed by atoms with Gasteiger partial charge in [0.25, 0.3) is 15.9 Å². The molecule has 1 amide bonds. The number of carbonyl (C=O) groups is 1. The highest BCUT2D eigenvalue weighted by molar-refractivity contribution is 9.10. The lowest BCUT2D eigenvalue weighted by Gasteiger charge is -2.11. The lowest BCUT2D eigenvalue weighted by molar-refractivity contribution is 0.0955. The summed E-state index contributed by atoms with van der Waals surface area (Å²) in [4.78, 5) is 12.6. The van der Waals surface area contributed by atoms with Crippen LogP contribution in [-0.4, -0.2) is 20.0 Å². The van der Waals surface area contributed by atoms with Crippen molar-refractivity contribution < 1.29 is 13.2 Å². The fourth-order valence-electron chi connectivity index (χ4n) is 2.39. The summed E-state index contributed by atoms with van der Waals surface area (Å²) >= 11 is 4.54. The molecule has 2 N–H and O–H groups in total. The van der Waals surface area contributed by atoms with Gasteiger partial charge in [-0.05, 0) is 36.6 Å². The van der Waals surface area contributed by atoms with Gasteiger partial charge in [-0.15, -0.1) is 11.3 Å². The van der Waals surface area contributed by atoms with Crippen LogP contribution in [0.3, 0.4) is 0 Å². The van der Waals surface area contributed by atoms with Gasteiger partial charge in [0.2, 0.25) is 0 Å². The molecular weight excluding hydrogens is 462 g/mol. The lowest BCUT2D eigenvalue weighted by atomic mass is 10.1. The van der Waals surface area contributed by atoms with Gasteiger partial charge < -0.3 is 0 Å². The summed E-state index contributed by atoms with van der Waals surface area (Å²) in [7, 11) is -3.76. The zero-order valence-corrected chi connectivity index (χ0v) is 17.9. The second-order valence-corrected chi connectivity index (χ2v) is 9.41. The minimum Gasteiger partial charge on any atom is -0.278 e. The van der Waals surface area contributed by atoms with Gasteiger partial charge in [-0.3, -0.25) is 9.52 Å². The monoisotopic (exact) mass is 477 g/mol. The maximum absolute atomic E-state index is 12.6. The summed E-state index contributed by atoms with van der Waals surface area (Å²) in [5, 5.41) is 5.80. The van der Waals surface area contributed by atoms with E-state index in [-0.39, 0.29) is 15.5 Å². The van der Waals surface area contributed by atoms with E-state index in [4.69, 9.17) is 0 Å². The molecule has 28 heavy (non-hydrogen) atoms. The molecule has 0 aliphatic heterocycles. The molecule has 144 valence electrons. The van der Waals surface area contributed by atoms with E-state index in [9.17, 15) is 13.2 Å². The highest BCUT2D eigenvalue weighted by Crippen LogP contribution is 2.23. The molecule has 3 rings (SSSR count). The molecule has 3 aromatic rings. The maximum atomic E-state index is 12.6. The smallest absolute Gasteiger partial charge is 0.273 e. The van der Waals surface area contributed by atoms with Crippen molar-refractivity contribution in [1.82, 2.24) is 5.43 Å². The Bertz CT molecular complexity index is 1130. The van der Waals surface area contributed by atoms with Crippen LogP contribution in [0.1, 0.15) is 22.8 Å². The van der Waals surface area contributed by atoms with E-state index in [0.29, 0.717) is 5.71 Å². The van der Waals surface area contributed by atoms with Gasteiger partial charge >= 0.3 is 0 Å². The number of carbonyl (C=O) groups excluding carboxylic acids is 1. The van der Waals surface area contributed by atoms with Crippen molar-refractivity contribution >= 4 is 54.6 Å². The number of thiophene rings is 1. The normalized spacial score (nSPS) is 11.9. The number of hydrazone groups is 1. The number of hydrogen-bond donors (Lipinski definition) is 2. The number of rotatable bonds is 6. The first-order chi connectivity index (χ1) is 13.4. The van der Waals surface area contributed by atoms with Crippen LogP contribution in [0.15, 0.2) is 79.8 Å². The molecule has 0 saturated heterocycles. The largest absolute Gasteiger partial charge is 0.278 e. The van der Waals surface area contributed by atoms with Crippen molar-refractivity contribution in [1.29, 1.82) is 0 Å². The number of para-hydroxylation sites is 1. The van der Waals surface area contributed by atoms with Crippen molar-refractivity contribution in [2.24, 2.45) is 5.10 Å². The first-order valence-electron chi connectivity index (χ1n) is 8.13. The molecule has 0 fully saturated rings. The zero-order valence-electron chi connectivity index (χ0n) is 14.7. The van der Waals surface area contributed by atoms with Gasteiger partial charge in [-0.1, -0.05) is 52.3 Å². The Hall–Kier alpha value is -2.49. The second-order valence-electron chi connectivity index (χ2n) is 5.70. The molecular formula is C19H16BrN3O3S2. The van der Waals surface area contributed by atoms with Gasteiger partial charge in [0.1, 0.15) is 4.21 Å². The van der Waals surface area contributed by atoms with Crippen molar-refractivity contribution in [3.8, 4) is 0 Å². The Morgan fingerprint density at radius 1 is 1.00 bits per heavy atom. The van der Waals surface area contributed by atoms with Crippen LogP contribution in [0.25, 0.3) is 0 Å². The van der Waals surface area contributed by atoms with Gasteiger partial charge in [0.05, 0.1) is 17.0 Å². The minimum atomic E-state index is -3.76. The third kappa shape index (κ3) is 4.67. The summed E-state index contributed by atoms with van der Waals surface area (Å²) in [5.41, 5.74) is 4.29. The van der Waals surface area contributed by atoms with Crippen LogP contribution >= 0.6 is 27.3 Å². The van der Waals surface area contributed by atoms with Crippen molar-refractivity contribution in [3.05, 3.63) is 81.6 Å². The molecule has 0 bridgehead atoms. The van der Waals surface area contributed by atoms with Crippen LogP contribution in [0.4, 0.5) is 5.69 Å². The van der Waals surface area contributed by atoms with Gasteiger partial charge in [-0.25, -0.2) is 13.8 Å². The molecule has 0 saturated carbocycles. The van der Waals surface area contributed by atoms with E-state index >= 15 is 0 Å². The Balaban J connectivity index is 1.82. The topological polar surface area (TPSA) is 87.6 Å². The standard InChI is InChI=1S/C19H16BrN3O3S2/c1-13(14-7-2-4-9-16(14)20)21-22-19(24)15-8-3-5-10-17(15)23-28(25,26)18-11-6-12-27-18/h2-12,23H,1H3,(H,22,24)/b21-13+. The minimum absolute atomic E-state index is 0.172. The predicted molar refractivity (Wildman–Crippen MR) is 115 cm³/mol. The number of anilines is 1. The average molecular weight is 478 g/mol. The van der Waals surface area contributed by atoms with E-state index < -0.39 is 15.9 Å². The number of sulfonamides is 1. The Kier molecular flexibility index (Phi) is 6.28. The van der Waals surface area contributed by atoms with E-state index in [2.05, 4.69) is 31.2 Å². The van der Waals surface area contributed by atoms with Crippen LogP contribution in [-0.2, 0) is 10.0 Å². The lowest BCUT2D eigenvalue weighted by Crippen LogP contribution is -2.22. The summed E-state index contributed by atoms with van der Waals surface area (Å²) in [6.45, 7) is 1.77. The first kappa shape index (κ1) is 20.2. The molecule has 0 unspecified atom stereocenters. The third-order valence-corrected chi connectivity index (χ3v) is 7.22. The highest BCUT2D eigenvalue weighted by atomic mass is 79.9. The SMILES string of the molecule is C/C(=N\NC(=O)c1ccccc1NS(=O)(=O)c1cccs1)c1ccccc1Br. The van der Waals surface area contributed by atoms with Crippen molar-refractivity contribution in [2.75, 3.05) is 4.72 Å². The summed E-state index contributed by atoms with van der Waals surface area (Å²) in [5.74, 6) is -0.518. The Morgan fingerprint density at radius 2 is 1.68 bits per heavy atom. The molecule has 2 aromatic carbocycles. The fraction of sp³-hybridized carbons (Fsp3) is 0.0526. The molecule has 1 heterocycles. The summed E-state index contributed by atoms with van der Waals surface area (Å²) in [6, 6.07) is 17.0. The van der Waals surface area contributed by atoms with Gasteiger partial charge in [0.15, 0.2) is 0 Å². The Morgan fingerprint density at radius 3 is 2.36 bits per heavy atom. The second kappa shape index (κ2) is 8.68. The number of benzene rings is 2. The molecule has 0 aliphatic rings. The van der Waals surface area contributed by atoms with Crippen LogP contribution < -0.4 is 10.1 Å². The number of halogens is 1. The van der Waals surface area contributed by atoms with E-state index in [0.717, 1.165) is 21.4 Å². The predicted octanol–water partition coefficient (Wildman–Crippen LogP) is 4.47. The Labute approximate surface area is 175 Å². The number of amides is 1. The van der Waals surface area contributed by atoms with Gasteiger partial charge in [-0.2, -0.15) is 5.10 Å². The summed E-state index contributed by atoms with van der Waals surface area (Å²) < 4.78 is 28.4. The van der Waals surface area contributed by atoms with Crippen LogP contribution in [0.5, 0.6) is 0 Å². The number of nitrogens with one attached hydrogen (secondary N) is 2. The molecule has 0 radical (unpaired) electrons. The van der Waals surface area contributed by atoms with E-state index in [1.54, 1.807) is 30.5 Å². The molecule has 0 spiro atoms. The molecule has 0 atom stereocenters. The fourth-order valence-corrected chi connectivity index (χ4v) is 5.04. The average Bonchev–Trinajstić information content (AvgIpc) is 3.22. The van der Waals surface area contributed by atoms with Crippen molar-refractivity contribution in [2.45, 2.75) is 11.1 Å². The van der Waals surface area contributed by atoms with E-state index in [1.165, 1.54) is 18.2 Å². The highest BCUT2D eigenvalue weighted by Gasteiger charge is 2.19. The summed E-state index contributed by atoms with van der Waals surface area (Å²) in [6.07, 6.45) is 0. The van der Waals surface area contributed by atoms with E-state index in [1.807, 2.05) is 24.3 Å². The molecule has 6 nitrogen and oxygen atoms in total. The molecule has 0 aliphatic carbocycles. The quantitative estimate of drug-likeness (QED) is 0.405. The molecule has 9 heteroatoms. The number of nitrogens with zero attached hydrogens (tertiary/aromatic N) is 1. The number of hydrogen-bond acceptors (Lipinski definition) is 5. The third-order valence-electron chi connectivity index (χ3n) is 3.76.